The van der Waals surface area contributed by atoms with E-state index in [1.807, 2.05) is 29.1 Å². The van der Waals surface area contributed by atoms with Crippen LogP contribution in [0, 0.1) is 5.92 Å². The van der Waals surface area contributed by atoms with E-state index in [0.29, 0.717) is 32.1 Å². The molecule has 22 heavy (non-hydrogen) atoms. The number of carbonyl (C=O) groups is 1. The Hall–Kier alpha value is -1.34. The van der Waals surface area contributed by atoms with Gasteiger partial charge in [-0.2, -0.15) is 4.31 Å². The van der Waals surface area contributed by atoms with Crippen LogP contribution in [-0.2, 0) is 14.8 Å². The molecule has 1 atom stereocenters. The van der Waals surface area contributed by atoms with Crippen molar-refractivity contribution in [3.63, 3.8) is 0 Å². The van der Waals surface area contributed by atoms with E-state index in [9.17, 15) is 13.2 Å². The maximum absolute atomic E-state index is 12.8. The highest BCUT2D eigenvalue weighted by Crippen LogP contribution is 2.21. The largest absolute Gasteiger partial charge is 0.342 e. The summed E-state index contributed by atoms with van der Waals surface area (Å²) in [6.45, 7) is 5.88. The first-order valence-corrected chi connectivity index (χ1v) is 9.50. The van der Waals surface area contributed by atoms with Crippen LogP contribution >= 0.6 is 0 Å². The average Bonchev–Trinajstić information content (AvgIpc) is 2.97. The predicted octanol–water partition coefficient (Wildman–Crippen LogP) is 1.18. The first-order chi connectivity index (χ1) is 10.3. The van der Waals surface area contributed by atoms with E-state index in [1.54, 1.807) is 4.90 Å². The van der Waals surface area contributed by atoms with E-state index in [2.05, 4.69) is 13.8 Å². The van der Waals surface area contributed by atoms with E-state index in [-0.39, 0.29) is 11.9 Å². The second kappa shape index (κ2) is 6.83. The van der Waals surface area contributed by atoms with Gasteiger partial charge in [-0.25, -0.2) is 8.42 Å². The van der Waals surface area contributed by atoms with Crippen LogP contribution in [0.2, 0.25) is 0 Å². The highest BCUT2D eigenvalue weighted by Gasteiger charge is 2.30. The molecule has 6 nitrogen and oxygen atoms in total. The molecule has 1 aliphatic rings. The van der Waals surface area contributed by atoms with Crippen molar-refractivity contribution in [2.24, 2.45) is 5.92 Å². The van der Waals surface area contributed by atoms with Crippen molar-refractivity contribution in [3.8, 4) is 0 Å². The Labute approximate surface area is 132 Å². The van der Waals surface area contributed by atoms with Crippen molar-refractivity contribution in [1.82, 2.24) is 13.8 Å². The highest BCUT2D eigenvalue weighted by molar-refractivity contribution is 7.88. The summed E-state index contributed by atoms with van der Waals surface area (Å²) in [6, 6.07) is 3.63. The SMILES string of the molecule is CC(C)C[C@H](C(=O)N1CCN(S(C)(=O)=O)CC1)n1cccc1. The van der Waals surface area contributed by atoms with Gasteiger partial charge in [0.25, 0.3) is 0 Å². The van der Waals surface area contributed by atoms with Gasteiger partial charge in [-0.1, -0.05) is 13.8 Å². The lowest BCUT2D eigenvalue weighted by Crippen LogP contribution is -2.51. The summed E-state index contributed by atoms with van der Waals surface area (Å²) in [7, 11) is -3.17. The molecule has 2 heterocycles. The number of nitrogens with zero attached hydrogens (tertiary/aromatic N) is 3. The quantitative estimate of drug-likeness (QED) is 0.816. The third kappa shape index (κ3) is 4.10. The fourth-order valence-corrected chi connectivity index (χ4v) is 3.63. The van der Waals surface area contributed by atoms with Crippen LogP contribution in [0.3, 0.4) is 0 Å². The molecule has 0 saturated carbocycles. The molecule has 0 aliphatic carbocycles. The zero-order valence-electron chi connectivity index (χ0n) is 13.5. The van der Waals surface area contributed by atoms with Crippen molar-refractivity contribution in [3.05, 3.63) is 24.5 Å². The summed E-state index contributed by atoms with van der Waals surface area (Å²) >= 11 is 0. The first kappa shape index (κ1) is 17.0. The topological polar surface area (TPSA) is 62.6 Å². The summed E-state index contributed by atoms with van der Waals surface area (Å²) in [6.07, 6.45) is 5.82. The van der Waals surface area contributed by atoms with Crippen molar-refractivity contribution in [1.29, 1.82) is 0 Å². The number of hydrogen-bond donors (Lipinski definition) is 0. The second-order valence-electron chi connectivity index (χ2n) is 6.26. The molecule has 1 saturated heterocycles. The van der Waals surface area contributed by atoms with Crippen LogP contribution in [0.4, 0.5) is 0 Å². The number of sulfonamides is 1. The number of aromatic nitrogens is 1. The van der Waals surface area contributed by atoms with Gasteiger partial charge in [0.05, 0.1) is 6.26 Å². The molecule has 0 spiro atoms. The summed E-state index contributed by atoms with van der Waals surface area (Å²) in [5.74, 6) is 0.492. The van der Waals surface area contributed by atoms with Crippen molar-refractivity contribution >= 4 is 15.9 Å². The monoisotopic (exact) mass is 327 g/mol. The number of piperazine rings is 1. The lowest BCUT2D eigenvalue weighted by Gasteiger charge is -2.35. The third-order valence-electron chi connectivity index (χ3n) is 3.99. The summed E-state index contributed by atoms with van der Waals surface area (Å²) < 4.78 is 26.5. The molecule has 7 heteroatoms. The molecule has 1 fully saturated rings. The van der Waals surface area contributed by atoms with Crippen LogP contribution < -0.4 is 0 Å². The average molecular weight is 327 g/mol. The Morgan fingerprint density at radius 2 is 1.64 bits per heavy atom. The van der Waals surface area contributed by atoms with Crippen LogP contribution in [0.15, 0.2) is 24.5 Å². The van der Waals surface area contributed by atoms with Gasteiger partial charge in [0.1, 0.15) is 6.04 Å². The molecule has 1 aliphatic heterocycles. The third-order valence-corrected chi connectivity index (χ3v) is 5.29. The number of rotatable bonds is 5. The lowest BCUT2D eigenvalue weighted by atomic mass is 10.0. The Kier molecular flexibility index (Phi) is 5.28. The van der Waals surface area contributed by atoms with E-state index in [1.165, 1.54) is 10.6 Å². The Balaban J connectivity index is 2.06. The summed E-state index contributed by atoms with van der Waals surface area (Å²) in [5.41, 5.74) is 0. The molecule has 0 radical (unpaired) electrons. The van der Waals surface area contributed by atoms with Crippen LogP contribution in [-0.4, -0.2) is 60.5 Å². The molecule has 0 N–H and O–H groups in total. The lowest BCUT2D eigenvalue weighted by molar-refractivity contribution is -0.136. The molecule has 1 amide bonds. The highest BCUT2D eigenvalue weighted by atomic mass is 32.2. The van der Waals surface area contributed by atoms with Crippen molar-refractivity contribution in [2.75, 3.05) is 32.4 Å². The standard InChI is InChI=1S/C15H25N3O3S/c1-13(2)12-14(16-6-4-5-7-16)15(19)17-8-10-18(11-9-17)22(3,20)21/h4-7,13-14H,8-12H2,1-3H3/t14-/m1/s1. The number of hydrogen-bond acceptors (Lipinski definition) is 3. The van der Waals surface area contributed by atoms with Gasteiger partial charge >= 0.3 is 0 Å². The zero-order valence-corrected chi connectivity index (χ0v) is 14.3. The van der Waals surface area contributed by atoms with Gasteiger partial charge in [-0.15, -0.1) is 0 Å². The van der Waals surface area contributed by atoms with Crippen LogP contribution in [0.25, 0.3) is 0 Å². The van der Waals surface area contributed by atoms with Crippen LogP contribution in [0.5, 0.6) is 0 Å². The van der Waals surface area contributed by atoms with Gasteiger partial charge in [0.2, 0.25) is 15.9 Å². The van der Waals surface area contributed by atoms with E-state index < -0.39 is 10.0 Å². The second-order valence-corrected chi connectivity index (χ2v) is 8.25. The fraction of sp³-hybridized carbons (Fsp3) is 0.667. The van der Waals surface area contributed by atoms with E-state index in [4.69, 9.17) is 0 Å². The van der Waals surface area contributed by atoms with E-state index in [0.717, 1.165) is 6.42 Å². The minimum Gasteiger partial charge on any atom is -0.342 e. The molecule has 0 unspecified atom stereocenters. The smallest absolute Gasteiger partial charge is 0.245 e. The Bertz CT molecular complexity index is 588. The van der Waals surface area contributed by atoms with Gasteiger partial charge in [0, 0.05) is 38.6 Å². The predicted molar refractivity (Wildman–Crippen MR) is 85.9 cm³/mol. The fourth-order valence-electron chi connectivity index (χ4n) is 2.80. The molecule has 0 bridgehead atoms. The molecule has 1 aromatic rings. The normalized spacial score (nSPS) is 18.6. The van der Waals surface area contributed by atoms with Gasteiger partial charge in [0.15, 0.2) is 0 Å². The van der Waals surface area contributed by atoms with Gasteiger partial charge < -0.3 is 9.47 Å². The number of amides is 1. The Morgan fingerprint density at radius 1 is 1.09 bits per heavy atom. The minimum atomic E-state index is -3.17. The number of carbonyl (C=O) groups excluding carboxylic acids is 1. The molecular weight excluding hydrogens is 302 g/mol. The molecular formula is C15H25N3O3S. The molecule has 0 aromatic carbocycles. The first-order valence-electron chi connectivity index (χ1n) is 7.65. The maximum atomic E-state index is 12.8. The zero-order chi connectivity index (χ0) is 16.3. The van der Waals surface area contributed by atoms with Crippen molar-refractivity contribution < 1.29 is 13.2 Å². The molecule has 124 valence electrons. The van der Waals surface area contributed by atoms with Crippen molar-refractivity contribution in [2.45, 2.75) is 26.3 Å². The minimum absolute atomic E-state index is 0.0815. The Morgan fingerprint density at radius 3 is 2.09 bits per heavy atom. The summed E-state index contributed by atoms with van der Waals surface area (Å²) in [4.78, 5) is 14.6. The molecule has 2 rings (SSSR count). The maximum Gasteiger partial charge on any atom is 0.245 e. The van der Waals surface area contributed by atoms with Crippen LogP contribution in [0.1, 0.15) is 26.3 Å². The van der Waals surface area contributed by atoms with Gasteiger partial charge in [-0.05, 0) is 24.5 Å². The van der Waals surface area contributed by atoms with Gasteiger partial charge in [-0.3, -0.25) is 4.79 Å². The summed E-state index contributed by atoms with van der Waals surface area (Å²) in [5, 5.41) is 0. The van der Waals surface area contributed by atoms with E-state index >= 15 is 0 Å². The molecule has 1 aromatic heterocycles.